The first-order valence-electron chi connectivity index (χ1n) is 6.89. The average Bonchev–Trinajstić information content (AvgIpc) is 2.92. The number of aryl methyl sites for hydroxylation is 1. The highest BCUT2D eigenvalue weighted by molar-refractivity contribution is 5.91. The first kappa shape index (κ1) is 16.0. The average molecular weight is 304 g/mol. The SMILES string of the molecule is COc1ccc(CC(C)(O)CNC(=O)c2cn(C)nn2)cc1. The Morgan fingerprint density at radius 1 is 1.41 bits per heavy atom. The van der Waals surface area contributed by atoms with Crippen molar-refractivity contribution in [3.05, 3.63) is 41.7 Å². The predicted molar refractivity (Wildman–Crippen MR) is 80.7 cm³/mol. The predicted octanol–water partition coefficient (Wildman–Crippen LogP) is 0.547. The van der Waals surface area contributed by atoms with Gasteiger partial charge in [0.2, 0.25) is 0 Å². The van der Waals surface area contributed by atoms with Crippen LogP contribution in [0.2, 0.25) is 0 Å². The minimum Gasteiger partial charge on any atom is -0.497 e. The lowest BCUT2D eigenvalue weighted by atomic mass is 9.96. The van der Waals surface area contributed by atoms with Crippen molar-refractivity contribution >= 4 is 5.91 Å². The molecule has 0 fully saturated rings. The maximum Gasteiger partial charge on any atom is 0.273 e. The highest BCUT2D eigenvalue weighted by Crippen LogP contribution is 2.16. The topological polar surface area (TPSA) is 89.3 Å². The number of rotatable bonds is 6. The molecule has 22 heavy (non-hydrogen) atoms. The van der Waals surface area contributed by atoms with E-state index < -0.39 is 5.60 Å². The number of aliphatic hydroxyl groups is 1. The Morgan fingerprint density at radius 3 is 2.64 bits per heavy atom. The van der Waals surface area contributed by atoms with Gasteiger partial charge in [0.15, 0.2) is 5.69 Å². The van der Waals surface area contributed by atoms with E-state index in [1.54, 1.807) is 21.1 Å². The molecule has 0 saturated heterocycles. The van der Waals surface area contributed by atoms with Crippen molar-refractivity contribution in [2.24, 2.45) is 7.05 Å². The van der Waals surface area contributed by atoms with E-state index in [4.69, 9.17) is 4.74 Å². The molecular formula is C15H20N4O3. The van der Waals surface area contributed by atoms with Gasteiger partial charge in [0.05, 0.1) is 18.9 Å². The highest BCUT2D eigenvalue weighted by Gasteiger charge is 2.23. The van der Waals surface area contributed by atoms with Crippen molar-refractivity contribution in [1.82, 2.24) is 20.3 Å². The van der Waals surface area contributed by atoms with Gasteiger partial charge in [-0.3, -0.25) is 9.48 Å². The molecule has 2 aromatic rings. The Morgan fingerprint density at radius 2 is 2.09 bits per heavy atom. The number of nitrogens with one attached hydrogen (secondary N) is 1. The molecule has 1 aromatic heterocycles. The van der Waals surface area contributed by atoms with Gasteiger partial charge in [0.1, 0.15) is 5.75 Å². The van der Waals surface area contributed by atoms with Gasteiger partial charge in [-0.1, -0.05) is 17.3 Å². The smallest absolute Gasteiger partial charge is 0.273 e. The molecule has 2 N–H and O–H groups in total. The molecule has 7 nitrogen and oxygen atoms in total. The summed E-state index contributed by atoms with van der Waals surface area (Å²) in [5, 5.41) is 20.5. The molecule has 0 spiro atoms. The fraction of sp³-hybridized carbons (Fsp3) is 0.400. The van der Waals surface area contributed by atoms with Crippen LogP contribution in [-0.2, 0) is 13.5 Å². The van der Waals surface area contributed by atoms with Crippen LogP contribution in [-0.4, -0.2) is 45.3 Å². The molecule has 0 aliphatic rings. The number of ether oxygens (including phenoxy) is 1. The van der Waals surface area contributed by atoms with Crippen LogP contribution in [0.5, 0.6) is 5.75 Å². The zero-order valence-electron chi connectivity index (χ0n) is 12.9. The summed E-state index contributed by atoms with van der Waals surface area (Å²) < 4.78 is 6.54. The number of nitrogens with zero attached hydrogens (tertiary/aromatic N) is 3. The summed E-state index contributed by atoms with van der Waals surface area (Å²) in [6.07, 6.45) is 1.94. The zero-order chi connectivity index (χ0) is 16.2. The van der Waals surface area contributed by atoms with Crippen molar-refractivity contribution in [1.29, 1.82) is 0 Å². The number of carbonyl (C=O) groups excluding carboxylic acids is 1. The maximum absolute atomic E-state index is 11.9. The fourth-order valence-corrected chi connectivity index (χ4v) is 2.06. The molecule has 0 aliphatic carbocycles. The summed E-state index contributed by atoms with van der Waals surface area (Å²) in [4.78, 5) is 11.9. The first-order valence-corrected chi connectivity index (χ1v) is 6.89. The normalized spacial score (nSPS) is 13.5. The largest absolute Gasteiger partial charge is 0.497 e. The van der Waals surface area contributed by atoms with Gasteiger partial charge in [-0.15, -0.1) is 5.10 Å². The second-order valence-electron chi connectivity index (χ2n) is 5.48. The van der Waals surface area contributed by atoms with Crippen LogP contribution in [0.3, 0.4) is 0 Å². The number of benzene rings is 1. The molecular weight excluding hydrogens is 284 g/mol. The third kappa shape index (κ3) is 4.29. The van der Waals surface area contributed by atoms with Crippen molar-refractivity contribution in [2.75, 3.05) is 13.7 Å². The Kier molecular flexibility index (Phi) is 4.77. The number of aromatic nitrogens is 3. The van der Waals surface area contributed by atoms with Crippen LogP contribution < -0.4 is 10.1 Å². The molecule has 1 heterocycles. The summed E-state index contributed by atoms with van der Waals surface area (Å²) in [6.45, 7) is 1.79. The Balaban J connectivity index is 1.91. The molecule has 1 aromatic carbocycles. The third-order valence-corrected chi connectivity index (χ3v) is 3.21. The number of carbonyl (C=O) groups is 1. The van der Waals surface area contributed by atoms with E-state index in [2.05, 4.69) is 15.6 Å². The second kappa shape index (κ2) is 6.57. The molecule has 1 unspecified atom stereocenters. The number of methoxy groups -OCH3 is 1. The van der Waals surface area contributed by atoms with Gasteiger partial charge in [-0.2, -0.15) is 0 Å². The minimum atomic E-state index is -1.06. The van der Waals surface area contributed by atoms with E-state index in [1.165, 1.54) is 10.9 Å². The lowest BCUT2D eigenvalue weighted by Crippen LogP contribution is -2.42. The monoisotopic (exact) mass is 304 g/mol. The van der Waals surface area contributed by atoms with Gasteiger partial charge in [0, 0.05) is 20.0 Å². The molecule has 2 rings (SSSR count). The fourth-order valence-electron chi connectivity index (χ4n) is 2.06. The standard InChI is InChI=1S/C15H20N4O3/c1-15(21,8-11-4-6-12(22-3)7-5-11)10-16-14(20)13-9-19(2)18-17-13/h4-7,9,21H,8,10H2,1-3H3,(H,16,20). The number of hydrogen-bond donors (Lipinski definition) is 2. The summed E-state index contributed by atoms with van der Waals surface area (Å²) in [5.41, 5.74) is 0.120. The van der Waals surface area contributed by atoms with Crippen LogP contribution in [0.1, 0.15) is 23.0 Å². The van der Waals surface area contributed by atoms with Gasteiger partial charge in [0.25, 0.3) is 5.91 Å². The van der Waals surface area contributed by atoms with Gasteiger partial charge in [-0.05, 0) is 24.6 Å². The van der Waals surface area contributed by atoms with E-state index in [9.17, 15) is 9.90 Å². The van der Waals surface area contributed by atoms with Gasteiger partial charge >= 0.3 is 0 Å². The molecule has 7 heteroatoms. The van der Waals surface area contributed by atoms with Crippen LogP contribution in [0.25, 0.3) is 0 Å². The molecule has 0 aliphatic heterocycles. The zero-order valence-corrected chi connectivity index (χ0v) is 12.9. The number of amides is 1. The maximum atomic E-state index is 11.9. The quantitative estimate of drug-likeness (QED) is 0.813. The first-order chi connectivity index (χ1) is 10.4. The van der Waals surface area contributed by atoms with Crippen LogP contribution in [0.4, 0.5) is 0 Å². The third-order valence-electron chi connectivity index (χ3n) is 3.21. The number of hydrogen-bond acceptors (Lipinski definition) is 5. The second-order valence-corrected chi connectivity index (χ2v) is 5.48. The van der Waals surface area contributed by atoms with E-state index in [-0.39, 0.29) is 18.1 Å². The van der Waals surface area contributed by atoms with Crippen molar-refractivity contribution in [2.45, 2.75) is 18.9 Å². The summed E-state index contributed by atoms with van der Waals surface area (Å²) in [6, 6.07) is 7.45. The lowest BCUT2D eigenvalue weighted by molar-refractivity contribution is 0.0551. The van der Waals surface area contributed by atoms with Crippen molar-refractivity contribution < 1.29 is 14.6 Å². The van der Waals surface area contributed by atoms with Crippen molar-refractivity contribution in [3.8, 4) is 5.75 Å². The van der Waals surface area contributed by atoms with E-state index >= 15 is 0 Å². The molecule has 1 atom stereocenters. The van der Waals surface area contributed by atoms with E-state index in [0.717, 1.165) is 11.3 Å². The van der Waals surface area contributed by atoms with Crippen molar-refractivity contribution in [3.63, 3.8) is 0 Å². The summed E-state index contributed by atoms with van der Waals surface area (Å²) >= 11 is 0. The molecule has 0 radical (unpaired) electrons. The van der Waals surface area contributed by atoms with Gasteiger partial charge < -0.3 is 15.2 Å². The molecule has 0 saturated carbocycles. The van der Waals surface area contributed by atoms with E-state index in [0.29, 0.717) is 6.42 Å². The highest BCUT2D eigenvalue weighted by atomic mass is 16.5. The lowest BCUT2D eigenvalue weighted by Gasteiger charge is -2.23. The Hall–Kier alpha value is -2.41. The Bertz CT molecular complexity index is 634. The Labute approximate surface area is 128 Å². The molecule has 0 bridgehead atoms. The minimum absolute atomic E-state index is 0.119. The molecule has 1 amide bonds. The van der Waals surface area contributed by atoms with Crippen LogP contribution in [0, 0.1) is 0 Å². The summed E-state index contributed by atoms with van der Waals surface area (Å²) in [5.74, 6) is 0.405. The van der Waals surface area contributed by atoms with E-state index in [1.807, 2.05) is 24.3 Å². The van der Waals surface area contributed by atoms with Crippen LogP contribution >= 0.6 is 0 Å². The molecule has 118 valence electrons. The summed E-state index contributed by atoms with van der Waals surface area (Å²) in [7, 11) is 3.29. The van der Waals surface area contributed by atoms with Crippen LogP contribution in [0.15, 0.2) is 30.5 Å². The van der Waals surface area contributed by atoms with Gasteiger partial charge in [-0.25, -0.2) is 0 Å².